The summed E-state index contributed by atoms with van der Waals surface area (Å²) in [7, 11) is 0. The van der Waals surface area contributed by atoms with Gasteiger partial charge < -0.3 is 14.6 Å². The molecule has 1 fully saturated rings. The minimum absolute atomic E-state index is 0.00298. The number of hydrogen-bond donors (Lipinski definition) is 1. The Labute approximate surface area is 135 Å². The number of furan rings is 1. The van der Waals surface area contributed by atoms with Crippen LogP contribution < -0.4 is 5.32 Å². The third-order valence-corrected chi connectivity index (χ3v) is 4.78. The van der Waals surface area contributed by atoms with E-state index in [1.165, 1.54) is 0 Å². The first-order chi connectivity index (χ1) is 11.2. The van der Waals surface area contributed by atoms with Gasteiger partial charge in [-0.05, 0) is 19.2 Å². The minimum Gasteiger partial charge on any atom is -0.450 e. The highest BCUT2D eigenvalue weighted by molar-refractivity contribution is 6.08. The molecule has 1 aliphatic rings. The highest BCUT2D eigenvalue weighted by Gasteiger charge is 2.28. The van der Waals surface area contributed by atoms with Crippen LogP contribution in [-0.4, -0.2) is 36.5 Å². The summed E-state index contributed by atoms with van der Waals surface area (Å²) < 4.78 is 6.06. The average molecular weight is 308 g/mol. The summed E-state index contributed by atoms with van der Waals surface area (Å²) in [5.41, 5.74) is 1.74. The fourth-order valence-corrected chi connectivity index (χ4v) is 3.43. The van der Waals surface area contributed by atoms with Crippen molar-refractivity contribution in [2.45, 2.75) is 19.9 Å². The van der Waals surface area contributed by atoms with Crippen LogP contribution in [0.1, 0.15) is 23.0 Å². The van der Waals surface area contributed by atoms with Crippen LogP contribution in [-0.2, 0) is 0 Å². The number of fused-ring (bicyclic) bond motifs is 3. The van der Waals surface area contributed by atoms with Crippen LogP contribution in [0.25, 0.3) is 21.7 Å². The first-order valence-corrected chi connectivity index (χ1v) is 8.09. The predicted molar refractivity (Wildman–Crippen MR) is 91.8 cm³/mol. The molecule has 2 aromatic carbocycles. The van der Waals surface area contributed by atoms with Crippen LogP contribution in [0, 0.1) is 6.92 Å². The van der Waals surface area contributed by atoms with Crippen molar-refractivity contribution in [2.75, 3.05) is 19.6 Å². The summed E-state index contributed by atoms with van der Waals surface area (Å²) >= 11 is 0. The molecule has 0 aliphatic carbocycles. The van der Waals surface area contributed by atoms with E-state index >= 15 is 0 Å². The lowest BCUT2D eigenvalue weighted by Gasteiger charge is -2.33. The standard InChI is InChI=1S/C19H20N2O2/c1-12-11-20-9-10-21(12)19(22)17-13(2)15-8-7-14-5-3-4-6-16(14)18(15)23-17/h3-8,12,20H,9-11H2,1-2H3. The zero-order chi connectivity index (χ0) is 16.0. The largest absolute Gasteiger partial charge is 0.450 e. The highest BCUT2D eigenvalue weighted by Crippen LogP contribution is 2.32. The molecule has 0 bridgehead atoms. The van der Waals surface area contributed by atoms with Crippen molar-refractivity contribution in [1.29, 1.82) is 0 Å². The number of aryl methyl sites for hydroxylation is 1. The van der Waals surface area contributed by atoms with Crippen molar-refractivity contribution in [3.05, 3.63) is 47.7 Å². The van der Waals surface area contributed by atoms with Gasteiger partial charge in [0, 0.05) is 42.0 Å². The van der Waals surface area contributed by atoms with E-state index in [9.17, 15) is 4.79 Å². The second-order valence-corrected chi connectivity index (χ2v) is 6.27. The number of carbonyl (C=O) groups is 1. The number of nitrogens with zero attached hydrogens (tertiary/aromatic N) is 1. The Morgan fingerprint density at radius 2 is 2.04 bits per heavy atom. The molecule has 118 valence electrons. The first kappa shape index (κ1) is 14.3. The van der Waals surface area contributed by atoms with E-state index in [0.717, 1.165) is 46.9 Å². The summed E-state index contributed by atoms with van der Waals surface area (Å²) in [6.07, 6.45) is 0. The van der Waals surface area contributed by atoms with E-state index in [1.54, 1.807) is 0 Å². The number of benzene rings is 2. The van der Waals surface area contributed by atoms with Crippen molar-refractivity contribution < 1.29 is 9.21 Å². The van der Waals surface area contributed by atoms with Gasteiger partial charge in [0.05, 0.1) is 0 Å². The molecule has 1 amide bonds. The molecule has 23 heavy (non-hydrogen) atoms. The molecule has 0 saturated carbocycles. The van der Waals surface area contributed by atoms with Gasteiger partial charge in [0.1, 0.15) is 5.58 Å². The Bertz CT molecular complexity index is 897. The summed E-state index contributed by atoms with van der Waals surface area (Å²) in [6.45, 7) is 6.42. The fraction of sp³-hybridized carbons (Fsp3) is 0.316. The number of hydrogen-bond acceptors (Lipinski definition) is 3. The van der Waals surface area contributed by atoms with Gasteiger partial charge in [-0.3, -0.25) is 4.79 Å². The smallest absolute Gasteiger partial charge is 0.290 e. The summed E-state index contributed by atoms with van der Waals surface area (Å²) in [5.74, 6) is 0.474. The normalized spacial score (nSPS) is 18.7. The molecule has 1 unspecified atom stereocenters. The fourth-order valence-electron chi connectivity index (χ4n) is 3.43. The van der Waals surface area contributed by atoms with Crippen LogP contribution in [0.2, 0.25) is 0 Å². The molecule has 1 atom stereocenters. The SMILES string of the molecule is Cc1c(C(=O)N2CCNCC2C)oc2c1ccc1ccccc12. The summed E-state index contributed by atoms with van der Waals surface area (Å²) in [5, 5.41) is 6.52. The molecule has 0 spiro atoms. The van der Waals surface area contributed by atoms with Crippen molar-refractivity contribution in [1.82, 2.24) is 10.2 Å². The maximum absolute atomic E-state index is 12.9. The molecule has 0 radical (unpaired) electrons. The Kier molecular flexibility index (Phi) is 3.34. The van der Waals surface area contributed by atoms with Crippen LogP contribution in [0.15, 0.2) is 40.8 Å². The van der Waals surface area contributed by atoms with E-state index < -0.39 is 0 Å². The number of piperazine rings is 1. The van der Waals surface area contributed by atoms with Gasteiger partial charge in [-0.15, -0.1) is 0 Å². The molecule has 4 rings (SSSR count). The van der Waals surface area contributed by atoms with Crippen LogP contribution >= 0.6 is 0 Å². The highest BCUT2D eigenvalue weighted by atomic mass is 16.3. The number of carbonyl (C=O) groups excluding carboxylic acids is 1. The molecule has 1 aliphatic heterocycles. The van der Waals surface area contributed by atoms with E-state index in [2.05, 4.69) is 30.4 Å². The van der Waals surface area contributed by atoms with Gasteiger partial charge in [-0.2, -0.15) is 0 Å². The predicted octanol–water partition coefficient (Wildman–Crippen LogP) is 3.33. The van der Waals surface area contributed by atoms with Crippen LogP contribution in [0.3, 0.4) is 0 Å². The van der Waals surface area contributed by atoms with Crippen molar-refractivity contribution in [3.63, 3.8) is 0 Å². The second-order valence-electron chi connectivity index (χ2n) is 6.27. The Hall–Kier alpha value is -2.33. The first-order valence-electron chi connectivity index (χ1n) is 8.09. The van der Waals surface area contributed by atoms with Crippen molar-refractivity contribution >= 4 is 27.6 Å². The zero-order valence-electron chi connectivity index (χ0n) is 13.4. The van der Waals surface area contributed by atoms with Crippen LogP contribution in [0.4, 0.5) is 0 Å². The van der Waals surface area contributed by atoms with E-state index in [1.807, 2.05) is 30.0 Å². The second kappa shape index (κ2) is 5.39. The van der Waals surface area contributed by atoms with Gasteiger partial charge in [0.15, 0.2) is 5.76 Å². The van der Waals surface area contributed by atoms with Gasteiger partial charge in [-0.1, -0.05) is 36.4 Å². The lowest BCUT2D eigenvalue weighted by molar-refractivity contribution is 0.0624. The van der Waals surface area contributed by atoms with Crippen molar-refractivity contribution in [2.24, 2.45) is 0 Å². The Morgan fingerprint density at radius 1 is 1.22 bits per heavy atom. The molecular formula is C19H20N2O2. The Morgan fingerprint density at radius 3 is 2.87 bits per heavy atom. The van der Waals surface area contributed by atoms with Gasteiger partial charge in [0.2, 0.25) is 0 Å². The van der Waals surface area contributed by atoms with E-state index in [0.29, 0.717) is 5.76 Å². The third-order valence-electron chi connectivity index (χ3n) is 4.78. The summed E-state index contributed by atoms with van der Waals surface area (Å²) in [6, 6.07) is 12.4. The van der Waals surface area contributed by atoms with Crippen LogP contribution in [0.5, 0.6) is 0 Å². The summed E-state index contributed by atoms with van der Waals surface area (Å²) in [4.78, 5) is 14.8. The molecule has 4 nitrogen and oxygen atoms in total. The number of rotatable bonds is 1. The molecule has 1 saturated heterocycles. The zero-order valence-corrected chi connectivity index (χ0v) is 13.4. The molecule has 3 aromatic rings. The van der Waals surface area contributed by atoms with Gasteiger partial charge in [-0.25, -0.2) is 0 Å². The number of nitrogens with one attached hydrogen (secondary N) is 1. The van der Waals surface area contributed by atoms with E-state index in [4.69, 9.17) is 4.42 Å². The molecular weight excluding hydrogens is 288 g/mol. The molecule has 1 N–H and O–H groups in total. The topological polar surface area (TPSA) is 45.5 Å². The average Bonchev–Trinajstić information content (AvgIpc) is 2.92. The maximum Gasteiger partial charge on any atom is 0.290 e. The number of amides is 1. The third kappa shape index (κ3) is 2.21. The van der Waals surface area contributed by atoms with Gasteiger partial charge >= 0.3 is 0 Å². The minimum atomic E-state index is -0.00298. The maximum atomic E-state index is 12.9. The molecule has 4 heteroatoms. The monoisotopic (exact) mass is 308 g/mol. The Balaban J connectivity index is 1.85. The van der Waals surface area contributed by atoms with Crippen molar-refractivity contribution in [3.8, 4) is 0 Å². The van der Waals surface area contributed by atoms with Gasteiger partial charge in [0.25, 0.3) is 5.91 Å². The molecule has 1 aromatic heterocycles. The van der Waals surface area contributed by atoms with E-state index in [-0.39, 0.29) is 11.9 Å². The molecule has 2 heterocycles. The lowest BCUT2D eigenvalue weighted by Crippen LogP contribution is -2.52. The quantitative estimate of drug-likeness (QED) is 0.750. The lowest BCUT2D eigenvalue weighted by atomic mass is 10.1.